The van der Waals surface area contributed by atoms with Crippen molar-refractivity contribution in [3.63, 3.8) is 0 Å². The van der Waals surface area contributed by atoms with Crippen LogP contribution in [0.4, 0.5) is 4.39 Å². The minimum absolute atomic E-state index is 0.102. The van der Waals surface area contributed by atoms with Gasteiger partial charge in [-0.2, -0.15) is 0 Å². The summed E-state index contributed by atoms with van der Waals surface area (Å²) in [6, 6.07) is 4.38. The van der Waals surface area contributed by atoms with Crippen LogP contribution in [0.3, 0.4) is 0 Å². The van der Waals surface area contributed by atoms with Crippen molar-refractivity contribution in [2.75, 3.05) is 33.7 Å². The summed E-state index contributed by atoms with van der Waals surface area (Å²) in [6.07, 6.45) is 0.679. The second-order valence-corrected chi connectivity index (χ2v) is 5.96. The smallest absolute Gasteiger partial charge is 0.138 e. The number of rotatable bonds is 4. The van der Waals surface area contributed by atoms with Crippen molar-refractivity contribution >= 4 is 17.4 Å². The number of Topliss-reactive ketones (excluding diaryl/α,β-unsaturated/α-hetero) is 1. The van der Waals surface area contributed by atoms with E-state index in [0.717, 1.165) is 19.6 Å². The summed E-state index contributed by atoms with van der Waals surface area (Å²) >= 11 is 6.00. The number of carbonyl (C=O) groups is 1. The van der Waals surface area contributed by atoms with E-state index in [4.69, 9.17) is 11.6 Å². The van der Waals surface area contributed by atoms with Crippen LogP contribution in [-0.2, 0) is 11.2 Å². The molecule has 0 saturated carbocycles. The molecule has 0 aliphatic carbocycles. The maximum atomic E-state index is 13.2. The zero-order valence-corrected chi connectivity index (χ0v) is 12.7. The highest BCUT2D eigenvalue weighted by Crippen LogP contribution is 2.19. The van der Waals surface area contributed by atoms with Crippen LogP contribution in [0.2, 0.25) is 5.02 Å². The Bertz CT molecular complexity index is 495. The number of nitrogens with zero attached hydrogens (tertiary/aromatic N) is 2. The number of hydrogen-bond donors (Lipinski definition) is 0. The zero-order chi connectivity index (χ0) is 14.7. The van der Waals surface area contributed by atoms with Crippen LogP contribution in [0.1, 0.15) is 12.0 Å². The molecule has 110 valence electrons. The molecule has 0 spiro atoms. The molecule has 1 unspecified atom stereocenters. The predicted octanol–water partition coefficient (Wildman–Crippen LogP) is 2.23. The third-order valence-electron chi connectivity index (χ3n) is 3.84. The molecule has 5 heteroatoms. The Balaban J connectivity index is 1.96. The van der Waals surface area contributed by atoms with Gasteiger partial charge < -0.3 is 9.80 Å². The van der Waals surface area contributed by atoms with Gasteiger partial charge in [0.15, 0.2) is 0 Å². The van der Waals surface area contributed by atoms with Gasteiger partial charge in [0.25, 0.3) is 0 Å². The second-order valence-electron chi connectivity index (χ2n) is 5.55. The molecular formula is C15H20ClFN2O. The van der Waals surface area contributed by atoms with Crippen molar-refractivity contribution in [2.45, 2.75) is 18.9 Å². The van der Waals surface area contributed by atoms with Gasteiger partial charge in [-0.3, -0.25) is 4.79 Å². The predicted molar refractivity (Wildman–Crippen MR) is 78.7 cm³/mol. The number of hydrogen-bond acceptors (Lipinski definition) is 3. The van der Waals surface area contributed by atoms with Crippen LogP contribution >= 0.6 is 11.6 Å². The summed E-state index contributed by atoms with van der Waals surface area (Å²) in [5, 5.41) is 0.453. The van der Waals surface area contributed by atoms with Gasteiger partial charge in [-0.25, -0.2) is 4.39 Å². The first-order valence-electron chi connectivity index (χ1n) is 6.80. The first kappa shape index (κ1) is 15.4. The Labute approximate surface area is 124 Å². The summed E-state index contributed by atoms with van der Waals surface area (Å²) in [7, 11) is 4.11. The normalized spacial score (nSPS) is 21.1. The van der Waals surface area contributed by atoms with Gasteiger partial charge in [-0.05, 0) is 37.9 Å². The molecule has 1 aliphatic heterocycles. The Kier molecular flexibility index (Phi) is 5.13. The fourth-order valence-corrected chi connectivity index (χ4v) is 2.73. The van der Waals surface area contributed by atoms with Crippen molar-refractivity contribution in [3.8, 4) is 0 Å². The van der Waals surface area contributed by atoms with E-state index in [-0.39, 0.29) is 24.1 Å². The molecule has 1 fully saturated rings. The summed E-state index contributed by atoms with van der Waals surface area (Å²) in [5.74, 6) is -0.253. The first-order chi connectivity index (χ1) is 9.45. The van der Waals surface area contributed by atoms with Crippen LogP contribution in [0.15, 0.2) is 18.2 Å². The Morgan fingerprint density at radius 3 is 2.90 bits per heavy atom. The van der Waals surface area contributed by atoms with E-state index in [1.807, 2.05) is 7.05 Å². The monoisotopic (exact) mass is 298 g/mol. The molecule has 1 aromatic carbocycles. The average molecular weight is 299 g/mol. The van der Waals surface area contributed by atoms with Gasteiger partial charge in [0.05, 0.1) is 0 Å². The van der Waals surface area contributed by atoms with Crippen LogP contribution in [0.5, 0.6) is 0 Å². The highest BCUT2D eigenvalue weighted by atomic mass is 35.5. The summed E-state index contributed by atoms with van der Waals surface area (Å²) in [6.45, 7) is 2.88. The van der Waals surface area contributed by atoms with Crippen LogP contribution in [0.25, 0.3) is 0 Å². The molecule has 0 N–H and O–H groups in total. The number of ketones is 1. The van der Waals surface area contributed by atoms with Crippen molar-refractivity contribution < 1.29 is 9.18 Å². The molecule has 0 radical (unpaired) electrons. The molecule has 20 heavy (non-hydrogen) atoms. The van der Waals surface area contributed by atoms with Crippen LogP contribution in [0, 0.1) is 5.82 Å². The molecule has 0 aromatic heterocycles. The lowest BCUT2D eigenvalue weighted by molar-refractivity contribution is -0.120. The van der Waals surface area contributed by atoms with Crippen molar-refractivity contribution in [3.05, 3.63) is 34.6 Å². The lowest BCUT2D eigenvalue weighted by Gasteiger charge is -2.37. The van der Waals surface area contributed by atoms with Crippen molar-refractivity contribution in [2.24, 2.45) is 0 Å². The Morgan fingerprint density at radius 2 is 2.15 bits per heavy atom. The van der Waals surface area contributed by atoms with Crippen molar-refractivity contribution in [1.82, 2.24) is 9.80 Å². The molecule has 1 aromatic rings. The van der Waals surface area contributed by atoms with Gasteiger partial charge in [0, 0.05) is 43.5 Å². The van der Waals surface area contributed by atoms with E-state index >= 15 is 0 Å². The molecule has 0 amide bonds. The molecule has 3 nitrogen and oxygen atoms in total. The summed E-state index contributed by atoms with van der Waals surface area (Å²) in [5.41, 5.74) is 0.573. The molecule has 1 aliphatic rings. The lowest BCUT2D eigenvalue weighted by Crippen LogP contribution is -2.50. The maximum Gasteiger partial charge on any atom is 0.138 e. The minimum atomic E-state index is -0.355. The topological polar surface area (TPSA) is 23.6 Å². The lowest BCUT2D eigenvalue weighted by atomic mass is 10.0. The van der Waals surface area contributed by atoms with E-state index in [9.17, 15) is 9.18 Å². The number of carbonyl (C=O) groups excluding carboxylic acids is 1. The SMILES string of the molecule is CN1CCN(C)C(CC(=O)Cc2cc(F)ccc2Cl)C1. The molecular weight excluding hydrogens is 279 g/mol. The summed E-state index contributed by atoms with van der Waals surface area (Å²) in [4.78, 5) is 16.6. The largest absolute Gasteiger partial charge is 0.304 e. The van der Waals surface area contributed by atoms with Gasteiger partial charge in [0.1, 0.15) is 11.6 Å². The number of likely N-dealkylation sites (N-methyl/N-ethyl adjacent to an activating group) is 2. The van der Waals surface area contributed by atoms with Crippen molar-refractivity contribution in [1.29, 1.82) is 0 Å². The van der Waals surface area contributed by atoms with Gasteiger partial charge in [-0.1, -0.05) is 11.6 Å². The fourth-order valence-electron chi connectivity index (χ4n) is 2.55. The first-order valence-corrected chi connectivity index (χ1v) is 7.18. The third-order valence-corrected chi connectivity index (χ3v) is 4.21. The standard InChI is InChI=1S/C15H20ClFN2O/c1-18-5-6-19(2)13(10-18)9-14(20)8-11-7-12(17)3-4-15(11)16/h3-4,7,13H,5-6,8-10H2,1-2H3. The minimum Gasteiger partial charge on any atom is -0.304 e. The number of benzene rings is 1. The quantitative estimate of drug-likeness (QED) is 0.852. The van der Waals surface area contributed by atoms with Crippen LogP contribution in [-0.4, -0.2) is 55.4 Å². The maximum absolute atomic E-state index is 13.2. The molecule has 0 bridgehead atoms. The molecule has 2 rings (SSSR count). The number of piperazine rings is 1. The molecule has 1 heterocycles. The third kappa shape index (κ3) is 4.01. The second kappa shape index (κ2) is 6.66. The van der Waals surface area contributed by atoms with Gasteiger partial charge in [-0.15, -0.1) is 0 Å². The van der Waals surface area contributed by atoms with Crippen LogP contribution < -0.4 is 0 Å². The molecule has 1 atom stereocenters. The number of halogens is 2. The highest BCUT2D eigenvalue weighted by molar-refractivity contribution is 6.31. The van der Waals surface area contributed by atoms with E-state index in [2.05, 4.69) is 16.8 Å². The van der Waals surface area contributed by atoms with Gasteiger partial charge >= 0.3 is 0 Å². The summed E-state index contributed by atoms with van der Waals surface area (Å²) < 4.78 is 13.2. The van der Waals surface area contributed by atoms with E-state index in [1.165, 1.54) is 18.2 Å². The molecule has 1 saturated heterocycles. The Morgan fingerprint density at radius 1 is 1.40 bits per heavy atom. The highest BCUT2D eigenvalue weighted by Gasteiger charge is 2.24. The van der Waals surface area contributed by atoms with Gasteiger partial charge in [0.2, 0.25) is 0 Å². The average Bonchev–Trinajstić information content (AvgIpc) is 2.38. The zero-order valence-electron chi connectivity index (χ0n) is 11.9. The fraction of sp³-hybridized carbons (Fsp3) is 0.533. The van der Waals surface area contributed by atoms with E-state index < -0.39 is 0 Å². The Hall–Kier alpha value is -0.970. The van der Waals surface area contributed by atoms with E-state index in [1.54, 1.807) is 0 Å². The van der Waals surface area contributed by atoms with E-state index in [0.29, 0.717) is 17.0 Å².